The van der Waals surface area contributed by atoms with E-state index in [9.17, 15) is 31.1 Å². The molecule has 2 heterocycles. The van der Waals surface area contributed by atoms with Gasteiger partial charge in [-0.2, -0.15) is 26.3 Å². The van der Waals surface area contributed by atoms with Gasteiger partial charge in [0.15, 0.2) is 0 Å². The van der Waals surface area contributed by atoms with Crippen molar-refractivity contribution in [3.8, 4) is 11.1 Å². The Balaban J connectivity index is 1.72. The van der Waals surface area contributed by atoms with Gasteiger partial charge in [0.1, 0.15) is 11.7 Å². The zero-order valence-corrected chi connectivity index (χ0v) is 17.6. The molecule has 0 aliphatic rings. The Morgan fingerprint density at radius 2 is 1.88 bits per heavy atom. The fraction of sp³-hybridized carbons (Fsp3) is 0.364. The van der Waals surface area contributed by atoms with Gasteiger partial charge in [-0.25, -0.2) is 9.78 Å². The number of alkyl halides is 6. The van der Waals surface area contributed by atoms with E-state index in [1.165, 1.54) is 0 Å². The van der Waals surface area contributed by atoms with Gasteiger partial charge in [0.2, 0.25) is 0 Å². The summed E-state index contributed by atoms with van der Waals surface area (Å²) in [6.45, 7) is 1.64. The van der Waals surface area contributed by atoms with Crippen LogP contribution in [0.25, 0.3) is 16.8 Å². The first kappa shape index (κ1) is 24.4. The minimum absolute atomic E-state index is 0.00661. The molecule has 3 aromatic rings. The summed E-state index contributed by atoms with van der Waals surface area (Å²) in [5.41, 5.74) is 3.14. The molecule has 11 heteroatoms. The van der Waals surface area contributed by atoms with Crippen LogP contribution in [0.4, 0.5) is 31.1 Å². The van der Waals surface area contributed by atoms with Gasteiger partial charge in [-0.3, -0.25) is 0 Å². The molecule has 2 amide bonds. The van der Waals surface area contributed by atoms with Crippen molar-refractivity contribution in [2.24, 2.45) is 0 Å². The van der Waals surface area contributed by atoms with E-state index < -0.39 is 37.3 Å². The van der Waals surface area contributed by atoms with E-state index in [0.29, 0.717) is 5.56 Å². The Bertz CT molecular complexity index is 1090. The maximum atomic E-state index is 13.2. The number of halogens is 6. The lowest BCUT2D eigenvalue weighted by Crippen LogP contribution is -2.50. The van der Waals surface area contributed by atoms with Gasteiger partial charge in [0, 0.05) is 38.1 Å². The molecule has 0 fully saturated rings. The average Bonchev–Trinajstić information content (AvgIpc) is 3.21. The van der Waals surface area contributed by atoms with Crippen LogP contribution >= 0.6 is 0 Å². The molecule has 0 radical (unpaired) electrons. The second kappa shape index (κ2) is 9.72. The molecular weight excluding hydrogens is 450 g/mol. The van der Waals surface area contributed by atoms with Gasteiger partial charge in [0.25, 0.3) is 0 Å². The van der Waals surface area contributed by atoms with Gasteiger partial charge in [0.05, 0.1) is 0 Å². The van der Waals surface area contributed by atoms with E-state index >= 15 is 0 Å². The van der Waals surface area contributed by atoms with E-state index in [0.717, 1.165) is 21.7 Å². The highest BCUT2D eigenvalue weighted by Gasteiger charge is 2.43. The van der Waals surface area contributed by atoms with Gasteiger partial charge >= 0.3 is 18.4 Å². The third kappa shape index (κ3) is 6.62. The van der Waals surface area contributed by atoms with Crippen molar-refractivity contribution in [2.45, 2.75) is 44.7 Å². The lowest BCUT2D eigenvalue weighted by molar-refractivity contribution is -0.171. The normalized spacial score (nSPS) is 13.2. The molecule has 0 bridgehead atoms. The largest absolute Gasteiger partial charge is 0.408 e. The summed E-state index contributed by atoms with van der Waals surface area (Å²) in [4.78, 5) is 17.7. The maximum Gasteiger partial charge on any atom is 0.408 e. The van der Waals surface area contributed by atoms with Crippen molar-refractivity contribution in [3.63, 3.8) is 0 Å². The van der Waals surface area contributed by atoms with Crippen LogP contribution in [0.15, 0.2) is 55.0 Å². The molecule has 5 nitrogen and oxygen atoms in total. The third-order valence-electron chi connectivity index (χ3n) is 5.10. The average molecular weight is 472 g/mol. The summed E-state index contributed by atoms with van der Waals surface area (Å²) in [6.07, 6.45) is -7.33. The minimum Gasteiger partial charge on any atom is -0.326 e. The first-order chi connectivity index (χ1) is 15.5. The van der Waals surface area contributed by atoms with Crippen molar-refractivity contribution in [1.29, 1.82) is 0 Å². The van der Waals surface area contributed by atoms with E-state index in [4.69, 9.17) is 0 Å². The lowest BCUT2D eigenvalue weighted by atomic mass is 10.0. The summed E-state index contributed by atoms with van der Waals surface area (Å²) < 4.78 is 78.6. The number of carbonyl (C=O) groups is 1. The number of nitrogens with one attached hydrogen (secondary N) is 1. The summed E-state index contributed by atoms with van der Waals surface area (Å²) in [7, 11) is 0. The monoisotopic (exact) mass is 472 g/mol. The summed E-state index contributed by atoms with van der Waals surface area (Å²) >= 11 is 0. The molecule has 1 unspecified atom stereocenters. The Morgan fingerprint density at radius 1 is 1.12 bits per heavy atom. The van der Waals surface area contributed by atoms with Gasteiger partial charge in [-0.15, -0.1) is 0 Å². The number of imidazole rings is 1. The molecule has 2 aromatic heterocycles. The highest BCUT2D eigenvalue weighted by molar-refractivity contribution is 5.74. The maximum absolute atomic E-state index is 13.2. The molecule has 0 saturated heterocycles. The number of urea groups is 1. The first-order valence-electron chi connectivity index (χ1n) is 10.2. The number of nitrogens with zero attached hydrogens (tertiary/aromatic N) is 3. The molecule has 1 aromatic carbocycles. The predicted octanol–water partition coefficient (Wildman–Crippen LogP) is 5.81. The molecule has 3 rings (SSSR count). The zero-order valence-electron chi connectivity index (χ0n) is 17.6. The second-order valence-corrected chi connectivity index (χ2v) is 7.52. The van der Waals surface area contributed by atoms with E-state index in [2.05, 4.69) is 4.98 Å². The number of fused-ring (bicyclic) bond motifs is 1. The van der Waals surface area contributed by atoms with Gasteiger partial charge < -0.3 is 14.6 Å². The first-order valence-corrected chi connectivity index (χ1v) is 10.2. The lowest BCUT2D eigenvalue weighted by Gasteiger charge is -2.27. The highest BCUT2D eigenvalue weighted by Crippen LogP contribution is 2.29. The number of hydrogen-bond donors (Lipinski definition) is 1. The van der Waals surface area contributed by atoms with Crippen LogP contribution < -0.4 is 5.32 Å². The van der Waals surface area contributed by atoms with Crippen molar-refractivity contribution >= 4 is 11.7 Å². The Kier molecular flexibility index (Phi) is 7.19. The van der Waals surface area contributed by atoms with Crippen LogP contribution in [0, 0.1) is 0 Å². The van der Waals surface area contributed by atoms with Crippen LogP contribution in [0.2, 0.25) is 0 Å². The van der Waals surface area contributed by atoms with Crippen molar-refractivity contribution in [3.05, 3.63) is 60.6 Å². The Hall–Kier alpha value is -3.24. The Labute approximate surface area is 186 Å². The van der Waals surface area contributed by atoms with Crippen LogP contribution in [-0.4, -0.2) is 45.3 Å². The van der Waals surface area contributed by atoms with Crippen molar-refractivity contribution < 1.29 is 31.1 Å². The molecule has 0 spiro atoms. The summed E-state index contributed by atoms with van der Waals surface area (Å²) in [6, 6.07) is 7.19. The standard InChI is InChI=1S/C22H22F6N4O/c1-2-31(20(33)30-18(22(26,27)28)8-9-21(23,24)25)13-15-4-3-5-16(12-15)17-6-7-19-29-10-11-32(19)14-17/h3-7,10-12,14,18H,2,8-9,13H2,1H3,(H,30,33). The molecule has 0 saturated carbocycles. The van der Waals surface area contributed by atoms with E-state index in [1.54, 1.807) is 42.8 Å². The zero-order chi connectivity index (χ0) is 24.2. The summed E-state index contributed by atoms with van der Waals surface area (Å²) in [5, 5.41) is 1.72. The molecule has 178 valence electrons. The second-order valence-electron chi connectivity index (χ2n) is 7.52. The molecule has 0 aliphatic carbocycles. The minimum atomic E-state index is -4.99. The quantitative estimate of drug-likeness (QED) is 0.442. The van der Waals surface area contributed by atoms with E-state index in [-0.39, 0.29) is 13.1 Å². The number of aromatic nitrogens is 2. The third-order valence-corrected chi connectivity index (χ3v) is 5.10. The van der Waals surface area contributed by atoms with Crippen molar-refractivity contribution in [2.75, 3.05) is 6.54 Å². The Morgan fingerprint density at radius 3 is 2.55 bits per heavy atom. The number of hydrogen-bond acceptors (Lipinski definition) is 2. The fourth-order valence-corrected chi connectivity index (χ4v) is 3.35. The number of benzene rings is 1. The van der Waals surface area contributed by atoms with Crippen LogP contribution in [-0.2, 0) is 6.54 Å². The van der Waals surface area contributed by atoms with Crippen molar-refractivity contribution in [1.82, 2.24) is 19.6 Å². The van der Waals surface area contributed by atoms with Crippen LogP contribution in [0.3, 0.4) is 0 Å². The number of carbonyl (C=O) groups excluding carboxylic acids is 1. The SMILES string of the molecule is CCN(Cc1cccc(-c2ccc3nccn3c2)c1)C(=O)NC(CCC(F)(F)F)C(F)(F)F. The van der Waals surface area contributed by atoms with Gasteiger partial charge in [-0.1, -0.05) is 18.2 Å². The molecule has 1 atom stereocenters. The highest BCUT2D eigenvalue weighted by atomic mass is 19.4. The molecule has 1 N–H and O–H groups in total. The topological polar surface area (TPSA) is 49.6 Å². The van der Waals surface area contributed by atoms with Crippen LogP contribution in [0.5, 0.6) is 0 Å². The smallest absolute Gasteiger partial charge is 0.326 e. The fourth-order valence-electron chi connectivity index (χ4n) is 3.35. The van der Waals surface area contributed by atoms with Gasteiger partial charge in [-0.05, 0) is 48.2 Å². The number of amides is 2. The van der Waals surface area contributed by atoms with Crippen LogP contribution in [0.1, 0.15) is 25.3 Å². The molecular formula is C22H22F6N4O. The molecule has 0 aliphatic heterocycles. The number of rotatable bonds is 7. The molecule has 33 heavy (non-hydrogen) atoms. The van der Waals surface area contributed by atoms with E-state index in [1.807, 2.05) is 28.8 Å². The number of pyridine rings is 1. The predicted molar refractivity (Wildman–Crippen MR) is 110 cm³/mol. The summed E-state index contributed by atoms with van der Waals surface area (Å²) in [5.74, 6) is 0.